The van der Waals surface area contributed by atoms with Gasteiger partial charge in [0.15, 0.2) is 18.3 Å². The lowest BCUT2D eigenvalue weighted by molar-refractivity contribution is 0.0122. The molecule has 2 aromatic carbocycles. The summed E-state index contributed by atoms with van der Waals surface area (Å²) in [6.07, 6.45) is 8.46. The van der Waals surface area contributed by atoms with Gasteiger partial charge in [0.2, 0.25) is 0 Å². The monoisotopic (exact) mass is 908 g/mol. The Labute approximate surface area is 383 Å². The minimum Gasteiger partial charge on any atom is -0.467 e. The first-order chi connectivity index (χ1) is 31.0. The van der Waals surface area contributed by atoms with E-state index in [0.717, 1.165) is 43.4 Å². The maximum atomic E-state index is 16.4. The van der Waals surface area contributed by atoms with Crippen molar-refractivity contribution in [3.63, 3.8) is 0 Å². The SMILES string of the molecule is COCOc1cc(Oc2nc3nc(OCCc4nccn4C)nc(N4CC5CCC(C4)N5C(=O)OC(C)(C)C)c3n2C2CCC2)c2c(C#C[Si](C(C)C)(C(C)C)C(C)C)c(F)ccc2c1. The molecule has 8 rings (SSSR count). The average molecular weight is 909 g/mol. The number of nitrogens with zero attached hydrogens (tertiary/aromatic N) is 8. The number of hydrogen-bond donors (Lipinski definition) is 0. The molecule has 3 aliphatic rings. The van der Waals surface area contributed by atoms with Gasteiger partial charge in [-0.05, 0) is 87.0 Å². The third kappa shape index (κ3) is 9.10. The molecule has 3 aromatic heterocycles. The Balaban J connectivity index is 1.27. The maximum absolute atomic E-state index is 16.4. The van der Waals surface area contributed by atoms with Gasteiger partial charge in [-0.1, -0.05) is 53.5 Å². The number of aryl methyl sites for hydroxylation is 1. The summed E-state index contributed by atoms with van der Waals surface area (Å²) in [5.41, 5.74) is 5.62. The van der Waals surface area contributed by atoms with Crippen molar-refractivity contribution < 1.29 is 32.9 Å². The highest BCUT2D eigenvalue weighted by Gasteiger charge is 2.46. The number of rotatable bonds is 14. The zero-order chi connectivity index (χ0) is 46.4. The number of benzene rings is 2. The van der Waals surface area contributed by atoms with Crippen molar-refractivity contribution in [3.8, 4) is 35.0 Å². The number of fused-ring (bicyclic) bond motifs is 4. The van der Waals surface area contributed by atoms with Gasteiger partial charge in [0, 0.05) is 63.6 Å². The molecule has 65 heavy (non-hydrogen) atoms. The molecule has 2 bridgehead atoms. The molecule has 348 valence electrons. The third-order valence-corrected chi connectivity index (χ3v) is 19.9. The van der Waals surface area contributed by atoms with Crippen LogP contribution in [0.2, 0.25) is 16.6 Å². The molecular formula is C49H65FN8O6Si. The Morgan fingerprint density at radius 1 is 0.938 bits per heavy atom. The van der Waals surface area contributed by atoms with Crippen LogP contribution < -0.4 is 19.1 Å². The van der Waals surface area contributed by atoms with E-state index in [9.17, 15) is 4.79 Å². The van der Waals surface area contributed by atoms with Crippen LogP contribution in [0.1, 0.15) is 112 Å². The van der Waals surface area contributed by atoms with Crippen molar-refractivity contribution in [1.29, 1.82) is 0 Å². The largest absolute Gasteiger partial charge is 0.467 e. The van der Waals surface area contributed by atoms with Crippen LogP contribution in [0, 0.1) is 17.3 Å². The van der Waals surface area contributed by atoms with Crippen LogP contribution >= 0.6 is 0 Å². The van der Waals surface area contributed by atoms with Gasteiger partial charge in [0.05, 0.1) is 24.3 Å². The van der Waals surface area contributed by atoms with Crippen molar-refractivity contribution >= 4 is 41.9 Å². The normalized spacial score (nSPS) is 17.9. The minimum absolute atomic E-state index is 0.00965. The highest BCUT2D eigenvalue weighted by Crippen LogP contribution is 2.46. The summed E-state index contributed by atoms with van der Waals surface area (Å²) in [4.78, 5) is 37.4. The molecule has 16 heteroatoms. The number of carbonyl (C=O) groups excluding carboxylic acids is 1. The summed E-state index contributed by atoms with van der Waals surface area (Å²) >= 11 is 0. The van der Waals surface area contributed by atoms with Crippen molar-refractivity contribution in [3.05, 3.63) is 53.9 Å². The Morgan fingerprint density at radius 2 is 1.65 bits per heavy atom. The van der Waals surface area contributed by atoms with Gasteiger partial charge in [-0.15, -0.1) is 5.54 Å². The van der Waals surface area contributed by atoms with Crippen LogP contribution in [0.4, 0.5) is 15.0 Å². The standard InChI is InChI=1S/C49H65FN8O6Si/c1-30(2)65(31(3)4,32(5)6)24-20-38-39(50)18-15-33-25-37(62-29-60-11)26-40(42(33)38)63-47-53-44-43(58(47)34-13-12-14-34)45(54-46(52-44)61-23-19-41-51-21-22-55(41)10)56-27-35-16-17-36(28-56)57(35)48(59)64-49(7,8)9/h15,18,21-22,25-26,30-32,34-36H,12-14,16-17,19,23,27-29H2,1-11H3. The second kappa shape index (κ2) is 18.5. The quantitative estimate of drug-likeness (QED) is 0.0599. The van der Waals surface area contributed by atoms with Crippen molar-refractivity contribution in [2.24, 2.45) is 7.05 Å². The van der Waals surface area contributed by atoms with Gasteiger partial charge >= 0.3 is 18.1 Å². The number of carbonyl (C=O) groups is 1. The van der Waals surface area contributed by atoms with Gasteiger partial charge in [-0.3, -0.25) is 9.47 Å². The fourth-order valence-electron chi connectivity index (χ4n) is 10.3. The minimum atomic E-state index is -2.26. The first-order valence-electron chi connectivity index (χ1n) is 23.2. The molecule has 2 unspecified atom stereocenters. The van der Waals surface area contributed by atoms with E-state index in [4.69, 9.17) is 38.6 Å². The Bertz CT molecular complexity index is 2570. The molecule has 1 aliphatic carbocycles. The number of ether oxygens (including phenoxy) is 5. The van der Waals surface area contributed by atoms with Gasteiger partial charge in [-0.25, -0.2) is 14.2 Å². The average Bonchev–Trinajstić information content (AvgIpc) is 3.87. The molecule has 2 aliphatic heterocycles. The number of methoxy groups -OCH3 is 1. The van der Waals surface area contributed by atoms with E-state index in [1.807, 2.05) is 49.5 Å². The molecular weight excluding hydrogens is 844 g/mol. The number of imidazole rings is 2. The van der Waals surface area contributed by atoms with Gasteiger partial charge < -0.3 is 33.2 Å². The number of piperazine rings is 1. The summed E-state index contributed by atoms with van der Waals surface area (Å²) in [6, 6.07) is 7.20. The number of aromatic nitrogens is 6. The lowest BCUT2D eigenvalue weighted by Gasteiger charge is -2.42. The smallest absolute Gasteiger partial charge is 0.410 e. The molecule has 1 amide bonds. The first-order valence-corrected chi connectivity index (χ1v) is 25.5. The van der Waals surface area contributed by atoms with E-state index in [1.54, 1.807) is 25.4 Å². The molecule has 2 saturated heterocycles. The number of amides is 1. The molecule has 2 atom stereocenters. The van der Waals surface area contributed by atoms with Crippen LogP contribution in [0.15, 0.2) is 36.7 Å². The third-order valence-electron chi connectivity index (χ3n) is 13.6. The van der Waals surface area contributed by atoms with Crippen LogP contribution in [-0.2, 0) is 22.9 Å². The second-order valence-electron chi connectivity index (χ2n) is 19.8. The predicted octanol–water partition coefficient (Wildman–Crippen LogP) is 10.1. The molecule has 0 N–H and O–H groups in total. The number of anilines is 1. The predicted molar refractivity (Wildman–Crippen MR) is 252 cm³/mol. The summed E-state index contributed by atoms with van der Waals surface area (Å²) in [5.74, 6) is 5.38. The van der Waals surface area contributed by atoms with Gasteiger partial charge in [0.1, 0.15) is 42.3 Å². The van der Waals surface area contributed by atoms with Crippen LogP contribution in [-0.4, -0.2) is 99.4 Å². The van der Waals surface area contributed by atoms with Crippen molar-refractivity contribution in [1.82, 2.24) is 34.0 Å². The van der Waals surface area contributed by atoms with E-state index in [1.165, 1.54) is 6.07 Å². The molecule has 5 heterocycles. The van der Waals surface area contributed by atoms with Crippen molar-refractivity contribution in [2.45, 2.75) is 141 Å². The van der Waals surface area contributed by atoms with E-state index in [0.29, 0.717) is 82.5 Å². The van der Waals surface area contributed by atoms with Crippen molar-refractivity contribution in [2.75, 3.05) is 38.5 Å². The molecule has 0 spiro atoms. The van der Waals surface area contributed by atoms with E-state index in [-0.39, 0.29) is 42.6 Å². The molecule has 5 aromatic rings. The summed E-state index contributed by atoms with van der Waals surface area (Å²) < 4.78 is 51.0. The topological polar surface area (TPSA) is 131 Å². The zero-order valence-electron chi connectivity index (χ0n) is 39.9. The van der Waals surface area contributed by atoms with E-state index >= 15 is 4.39 Å². The molecule has 0 radical (unpaired) electrons. The summed E-state index contributed by atoms with van der Waals surface area (Å²) in [5, 5.41) is 1.24. The number of halogens is 1. The first kappa shape index (κ1) is 46.1. The Kier molecular flexibility index (Phi) is 13.1. The highest BCUT2D eigenvalue weighted by atomic mass is 28.3. The van der Waals surface area contributed by atoms with Gasteiger partial charge in [-0.2, -0.15) is 15.0 Å². The van der Waals surface area contributed by atoms with Crippen LogP contribution in [0.3, 0.4) is 0 Å². The second-order valence-corrected chi connectivity index (χ2v) is 25.4. The molecule has 3 fully saturated rings. The molecule has 14 nitrogen and oxygen atoms in total. The highest BCUT2D eigenvalue weighted by molar-refractivity contribution is 6.90. The van der Waals surface area contributed by atoms with Crippen LogP contribution in [0.5, 0.6) is 23.5 Å². The Hall–Kier alpha value is -5.40. The summed E-state index contributed by atoms with van der Waals surface area (Å²) in [7, 11) is 1.26. The lowest BCUT2D eigenvalue weighted by atomic mass is 9.93. The lowest BCUT2D eigenvalue weighted by Crippen LogP contribution is -2.57. The summed E-state index contributed by atoms with van der Waals surface area (Å²) in [6.45, 7) is 20.6. The zero-order valence-corrected chi connectivity index (χ0v) is 40.9. The fourth-order valence-corrected chi connectivity index (χ4v) is 15.5. The molecule has 1 saturated carbocycles. The fraction of sp³-hybridized carbons (Fsp3) is 0.571. The van der Waals surface area contributed by atoms with Crippen LogP contribution in [0.25, 0.3) is 21.9 Å². The maximum Gasteiger partial charge on any atom is 0.410 e. The van der Waals surface area contributed by atoms with Gasteiger partial charge in [0.25, 0.3) is 0 Å². The van der Waals surface area contributed by atoms with E-state index in [2.05, 4.69) is 67.5 Å². The van der Waals surface area contributed by atoms with E-state index < -0.39 is 19.5 Å². The number of hydrogen-bond acceptors (Lipinski definition) is 11. The Morgan fingerprint density at radius 3 is 2.25 bits per heavy atom.